The number of benzene rings is 1. The summed E-state index contributed by atoms with van der Waals surface area (Å²) in [5.74, 6) is -0.100. The maximum Gasteiger partial charge on any atom is 0.212 e. The van der Waals surface area contributed by atoms with Crippen LogP contribution in [0.5, 0.6) is 0 Å². The van der Waals surface area contributed by atoms with Crippen molar-refractivity contribution in [1.82, 2.24) is 9.78 Å². The maximum atomic E-state index is 12.5. The first-order valence-corrected chi connectivity index (χ1v) is 7.23. The summed E-state index contributed by atoms with van der Waals surface area (Å²) >= 11 is 9.52. The van der Waals surface area contributed by atoms with Gasteiger partial charge in [-0.3, -0.25) is 9.48 Å². The minimum Gasteiger partial charge on any atom is -0.287 e. The van der Waals surface area contributed by atoms with E-state index in [1.165, 1.54) is 6.20 Å². The Bertz CT molecular complexity index is 622. The van der Waals surface area contributed by atoms with Crippen LogP contribution in [0.25, 0.3) is 0 Å². The molecule has 3 nitrogen and oxygen atoms in total. The van der Waals surface area contributed by atoms with Crippen molar-refractivity contribution in [3.8, 4) is 0 Å². The molecule has 0 amide bonds. The van der Waals surface area contributed by atoms with Gasteiger partial charge >= 0.3 is 0 Å². The standard InChI is InChI=1S/C14H14BrClN2O/c1-3-6-18-13(12(16)8-17-18)14(19)10-5-4-9(2)11(15)7-10/h4-5,7-8H,3,6H2,1-2H3. The molecule has 5 heteroatoms. The number of hydrogen-bond acceptors (Lipinski definition) is 2. The van der Waals surface area contributed by atoms with E-state index in [0.717, 1.165) is 16.5 Å². The molecule has 0 aliphatic carbocycles. The molecule has 0 atom stereocenters. The van der Waals surface area contributed by atoms with Crippen LogP contribution in [0.3, 0.4) is 0 Å². The molecule has 0 N–H and O–H groups in total. The molecule has 0 aliphatic rings. The smallest absolute Gasteiger partial charge is 0.212 e. The predicted octanol–water partition coefficient (Wildman–Crippen LogP) is 4.25. The topological polar surface area (TPSA) is 34.9 Å². The largest absolute Gasteiger partial charge is 0.287 e. The molecule has 2 aromatic rings. The van der Waals surface area contributed by atoms with Crippen molar-refractivity contribution < 1.29 is 4.79 Å². The molecule has 0 unspecified atom stereocenters. The highest BCUT2D eigenvalue weighted by Crippen LogP contribution is 2.23. The molecule has 1 aromatic heterocycles. The number of aromatic nitrogens is 2. The van der Waals surface area contributed by atoms with Crippen molar-refractivity contribution in [1.29, 1.82) is 0 Å². The Morgan fingerprint density at radius 2 is 2.21 bits per heavy atom. The zero-order valence-corrected chi connectivity index (χ0v) is 13.1. The lowest BCUT2D eigenvalue weighted by Crippen LogP contribution is -2.12. The van der Waals surface area contributed by atoms with E-state index in [-0.39, 0.29) is 5.78 Å². The fourth-order valence-corrected chi connectivity index (χ4v) is 2.45. The summed E-state index contributed by atoms with van der Waals surface area (Å²) in [5.41, 5.74) is 2.15. The average Bonchev–Trinajstić information content (AvgIpc) is 2.74. The zero-order chi connectivity index (χ0) is 14.0. The van der Waals surface area contributed by atoms with Gasteiger partial charge in [-0.05, 0) is 25.0 Å². The Hall–Kier alpha value is -1.13. The number of nitrogens with zero attached hydrogens (tertiary/aromatic N) is 2. The van der Waals surface area contributed by atoms with Gasteiger partial charge in [0.25, 0.3) is 0 Å². The van der Waals surface area contributed by atoms with E-state index in [4.69, 9.17) is 11.6 Å². The van der Waals surface area contributed by atoms with Crippen molar-refractivity contribution in [3.05, 3.63) is 50.7 Å². The van der Waals surface area contributed by atoms with Gasteiger partial charge in [0.1, 0.15) is 5.69 Å². The van der Waals surface area contributed by atoms with Crippen LogP contribution < -0.4 is 0 Å². The number of carbonyl (C=O) groups excluding carboxylic acids is 1. The van der Waals surface area contributed by atoms with Gasteiger partial charge in [-0.15, -0.1) is 0 Å². The van der Waals surface area contributed by atoms with Crippen LogP contribution in [0.2, 0.25) is 5.02 Å². The van der Waals surface area contributed by atoms with Crippen LogP contribution >= 0.6 is 27.5 Å². The van der Waals surface area contributed by atoms with Gasteiger partial charge in [-0.25, -0.2) is 0 Å². The fourth-order valence-electron chi connectivity index (χ4n) is 1.84. The van der Waals surface area contributed by atoms with Gasteiger partial charge in [0.15, 0.2) is 0 Å². The Morgan fingerprint density at radius 1 is 1.47 bits per heavy atom. The Balaban J connectivity index is 2.43. The molecular formula is C14H14BrClN2O. The Kier molecular flexibility index (Phi) is 4.42. The van der Waals surface area contributed by atoms with E-state index in [0.29, 0.717) is 22.8 Å². The number of rotatable bonds is 4. The minimum absolute atomic E-state index is 0.100. The molecule has 100 valence electrons. The molecule has 0 saturated carbocycles. The second kappa shape index (κ2) is 5.88. The molecule has 1 heterocycles. The van der Waals surface area contributed by atoms with Crippen molar-refractivity contribution in [3.63, 3.8) is 0 Å². The molecule has 2 rings (SSSR count). The summed E-state index contributed by atoms with van der Waals surface area (Å²) in [6, 6.07) is 5.53. The van der Waals surface area contributed by atoms with Crippen LogP contribution in [0.4, 0.5) is 0 Å². The SMILES string of the molecule is CCCn1ncc(Cl)c1C(=O)c1ccc(C)c(Br)c1. The Labute approximate surface area is 125 Å². The van der Waals surface area contributed by atoms with Crippen LogP contribution in [0.1, 0.15) is 35.0 Å². The summed E-state index contributed by atoms with van der Waals surface area (Å²) < 4.78 is 2.58. The van der Waals surface area contributed by atoms with Gasteiger partial charge in [-0.1, -0.05) is 46.6 Å². The van der Waals surface area contributed by atoms with E-state index in [9.17, 15) is 4.79 Å². The summed E-state index contributed by atoms with van der Waals surface area (Å²) in [5, 5.41) is 4.54. The van der Waals surface area contributed by atoms with Gasteiger partial charge in [0.2, 0.25) is 5.78 Å². The van der Waals surface area contributed by atoms with Crippen molar-refractivity contribution in [2.45, 2.75) is 26.8 Å². The molecule has 0 fully saturated rings. The van der Waals surface area contributed by atoms with Gasteiger partial charge in [0, 0.05) is 16.6 Å². The van der Waals surface area contributed by atoms with E-state index < -0.39 is 0 Å². The quantitative estimate of drug-likeness (QED) is 0.779. The molecule has 0 bridgehead atoms. The number of ketones is 1. The van der Waals surface area contributed by atoms with Crippen molar-refractivity contribution in [2.75, 3.05) is 0 Å². The first-order valence-electron chi connectivity index (χ1n) is 6.06. The highest BCUT2D eigenvalue weighted by atomic mass is 79.9. The average molecular weight is 342 g/mol. The summed E-state index contributed by atoms with van der Waals surface area (Å²) in [7, 11) is 0. The first kappa shape index (κ1) is 14.3. The van der Waals surface area contributed by atoms with Crippen LogP contribution in [-0.4, -0.2) is 15.6 Å². The molecule has 19 heavy (non-hydrogen) atoms. The lowest BCUT2D eigenvalue weighted by atomic mass is 10.1. The maximum absolute atomic E-state index is 12.5. The van der Waals surface area contributed by atoms with Crippen LogP contribution in [-0.2, 0) is 6.54 Å². The third kappa shape index (κ3) is 2.90. The lowest BCUT2D eigenvalue weighted by molar-refractivity contribution is 0.102. The van der Waals surface area contributed by atoms with E-state index in [1.807, 2.05) is 32.0 Å². The van der Waals surface area contributed by atoms with Crippen molar-refractivity contribution >= 4 is 33.3 Å². The molecule has 0 spiro atoms. The van der Waals surface area contributed by atoms with Crippen molar-refractivity contribution in [2.24, 2.45) is 0 Å². The molecule has 0 aliphatic heterocycles. The number of halogens is 2. The fraction of sp³-hybridized carbons (Fsp3) is 0.286. The Morgan fingerprint density at radius 3 is 2.84 bits per heavy atom. The number of carbonyl (C=O) groups is 1. The van der Waals surface area contributed by atoms with Crippen LogP contribution in [0.15, 0.2) is 28.9 Å². The van der Waals surface area contributed by atoms with Crippen LogP contribution in [0, 0.1) is 6.92 Å². The van der Waals surface area contributed by atoms with Gasteiger partial charge < -0.3 is 0 Å². The highest BCUT2D eigenvalue weighted by Gasteiger charge is 2.19. The molecular weight excluding hydrogens is 328 g/mol. The number of aryl methyl sites for hydroxylation is 2. The normalized spacial score (nSPS) is 10.7. The molecule has 0 radical (unpaired) electrons. The first-order chi connectivity index (χ1) is 9.04. The second-order valence-corrected chi connectivity index (χ2v) is 5.62. The number of hydrogen-bond donors (Lipinski definition) is 0. The third-order valence-corrected chi connectivity index (χ3v) is 4.01. The molecule has 1 aromatic carbocycles. The summed E-state index contributed by atoms with van der Waals surface area (Å²) in [6.45, 7) is 4.69. The molecule has 0 saturated heterocycles. The van der Waals surface area contributed by atoms with E-state index in [1.54, 1.807) is 4.68 Å². The predicted molar refractivity (Wildman–Crippen MR) is 79.8 cm³/mol. The lowest BCUT2D eigenvalue weighted by Gasteiger charge is -2.07. The summed E-state index contributed by atoms with van der Waals surface area (Å²) in [6.07, 6.45) is 2.42. The highest BCUT2D eigenvalue weighted by molar-refractivity contribution is 9.10. The zero-order valence-electron chi connectivity index (χ0n) is 10.8. The van der Waals surface area contributed by atoms with E-state index >= 15 is 0 Å². The van der Waals surface area contributed by atoms with Gasteiger partial charge in [-0.2, -0.15) is 5.10 Å². The van der Waals surface area contributed by atoms with Gasteiger partial charge in [0.05, 0.1) is 11.2 Å². The second-order valence-electron chi connectivity index (χ2n) is 4.36. The minimum atomic E-state index is -0.100. The summed E-state index contributed by atoms with van der Waals surface area (Å²) in [4.78, 5) is 12.5. The third-order valence-electron chi connectivity index (χ3n) is 2.88. The van der Waals surface area contributed by atoms with E-state index in [2.05, 4.69) is 21.0 Å². The monoisotopic (exact) mass is 340 g/mol.